The van der Waals surface area contributed by atoms with Gasteiger partial charge in [0.1, 0.15) is 0 Å². The zero-order chi connectivity index (χ0) is 12.0. The molecule has 0 spiro atoms. The van der Waals surface area contributed by atoms with E-state index in [4.69, 9.17) is 5.73 Å². The highest BCUT2D eigenvalue weighted by Crippen LogP contribution is 2.26. The fraction of sp³-hybridized carbons (Fsp3) is 0.833. The van der Waals surface area contributed by atoms with E-state index in [0.29, 0.717) is 5.92 Å². The highest BCUT2D eigenvalue weighted by atomic mass is 32.1. The monoisotopic (exact) mass is 241 g/mol. The van der Waals surface area contributed by atoms with Gasteiger partial charge in [-0.25, -0.2) is 0 Å². The summed E-state index contributed by atoms with van der Waals surface area (Å²) in [5.74, 6) is 0.691. The Kier molecular flexibility index (Phi) is 5.91. The van der Waals surface area contributed by atoms with E-state index < -0.39 is 0 Å². The summed E-state index contributed by atoms with van der Waals surface area (Å²) < 4.78 is 4.03. The highest BCUT2D eigenvalue weighted by Gasteiger charge is 2.17. The molecule has 1 aromatic rings. The van der Waals surface area contributed by atoms with Gasteiger partial charge in [0.25, 0.3) is 0 Å². The van der Waals surface area contributed by atoms with Crippen molar-refractivity contribution in [3.05, 3.63) is 10.6 Å². The van der Waals surface area contributed by atoms with E-state index >= 15 is 0 Å². The van der Waals surface area contributed by atoms with Crippen LogP contribution in [-0.4, -0.2) is 9.59 Å². The largest absolute Gasteiger partial charge is 0.323 e. The number of hydrogen-bond donors (Lipinski definition) is 1. The van der Waals surface area contributed by atoms with Gasteiger partial charge in [0.05, 0.1) is 10.6 Å². The van der Waals surface area contributed by atoms with Gasteiger partial charge in [-0.1, -0.05) is 44.5 Å². The lowest BCUT2D eigenvalue weighted by Crippen LogP contribution is -2.14. The normalized spacial score (nSPS) is 15.0. The molecule has 0 saturated carbocycles. The van der Waals surface area contributed by atoms with Gasteiger partial charge in [0.2, 0.25) is 0 Å². The van der Waals surface area contributed by atoms with Crippen LogP contribution in [0.5, 0.6) is 0 Å². The molecule has 2 unspecified atom stereocenters. The number of hydrogen-bond acceptors (Lipinski definition) is 4. The second-order valence-electron chi connectivity index (χ2n) is 4.57. The van der Waals surface area contributed by atoms with E-state index in [1.807, 2.05) is 0 Å². The molecule has 2 N–H and O–H groups in total. The van der Waals surface area contributed by atoms with E-state index in [-0.39, 0.29) is 6.04 Å². The van der Waals surface area contributed by atoms with Crippen molar-refractivity contribution in [1.82, 2.24) is 9.59 Å². The molecule has 16 heavy (non-hydrogen) atoms. The van der Waals surface area contributed by atoms with Crippen molar-refractivity contribution in [2.24, 2.45) is 11.7 Å². The van der Waals surface area contributed by atoms with E-state index in [1.54, 1.807) is 0 Å². The zero-order valence-corrected chi connectivity index (χ0v) is 11.4. The Labute approximate surface area is 103 Å². The van der Waals surface area contributed by atoms with Crippen LogP contribution in [0.3, 0.4) is 0 Å². The molecule has 0 saturated heterocycles. The maximum absolute atomic E-state index is 6.23. The fourth-order valence-electron chi connectivity index (χ4n) is 2.06. The number of rotatable bonds is 7. The third-order valence-electron chi connectivity index (χ3n) is 2.85. The third kappa shape index (κ3) is 3.83. The molecule has 3 nitrogen and oxygen atoms in total. The van der Waals surface area contributed by atoms with Crippen molar-refractivity contribution in [3.63, 3.8) is 0 Å². The highest BCUT2D eigenvalue weighted by molar-refractivity contribution is 7.05. The first-order valence-corrected chi connectivity index (χ1v) is 7.03. The SMILES string of the molecule is CCCc1nnsc1C(N)CC(C)CCC. The van der Waals surface area contributed by atoms with E-state index in [0.717, 1.165) is 25.0 Å². The molecule has 0 aliphatic rings. The van der Waals surface area contributed by atoms with Crippen molar-refractivity contribution < 1.29 is 0 Å². The zero-order valence-electron chi connectivity index (χ0n) is 10.6. The van der Waals surface area contributed by atoms with Gasteiger partial charge >= 0.3 is 0 Å². The third-order valence-corrected chi connectivity index (χ3v) is 3.74. The van der Waals surface area contributed by atoms with Crippen LogP contribution in [-0.2, 0) is 6.42 Å². The summed E-state index contributed by atoms with van der Waals surface area (Å²) >= 11 is 1.47. The second kappa shape index (κ2) is 6.97. The van der Waals surface area contributed by atoms with Crippen molar-refractivity contribution >= 4 is 11.5 Å². The Balaban J connectivity index is 2.57. The molecule has 0 fully saturated rings. The van der Waals surface area contributed by atoms with Gasteiger partial charge in [-0.05, 0) is 30.3 Å². The first-order chi connectivity index (χ1) is 7.69. The first kappa shape index (κ1) is 13.6. The lowest BCUT2D eigenvalue weighted by molar-refractivity contribution is 0.441. The molecular weight excluding hydrogens is 218 g/mol. The van der Waals surface area contributed by atoms with Gasteiger partial charge < -0.3 is 5.73 Å². The van der Waals surface area contributed by atoms with Crippen molar-refractivity contribution in [1.29, 1.82) is 0 Å². The molecule has 0 radical (unpaired) electrons. The molecule has 4 heteroatoms. The quantitative estimate of drug-likeness (QED) is 0.796. The number of nitrogens with two attached hydrogens (primary N) is 1. The fourth-order valence-corrected chi connectivity index (χ4v) is 2.77. The lowest BCUT2D eigenvalue weighted by Gasteiger charge is -2.15. The summed E-state index contributed by atoms with van der Waals surface area (Å²) in [6, 6.07) is 0.128. The van der Waals surface area contributed by atoms with E-state index in [9.17, 15) is 0 Å². The van der Waals surface area contributed by atoms with Crippen molar-refractivity contribution in [3.8, 4) is 0 Å². The summed E-state index contributed by atoms with van der Waals surface area (Å²) in [5, 5.41) is 4.17. The van der Waals surface area contributed by atoms with Crippen molar-refractivity contribution in [2.75, 3.05) is 0 Å². The number of aryl methyl sites for hydroxylation is 1. The minimum absolute atomic E-state index is 0.128. The first-order valence-electron chi connectivity index (χ1n) is 6.25. The Morgan fingerprint density at radius 3 is 2.69 bits per heavy atom. The lowest BCUT2D eigenvalue weighted by atomic mass is 9.96. The summed E-state index contributed by atoms with van der Waals surface area (Å²) in [5.41, 5.74) is 7.35. The van der Waals surface area contributed by atoms with Gasteiger partial charge in [0, 0.05) is 6.04 Å². The van der Waals surface area contributed by atoms with E-state index in [2.05, 4.69) is 30.4 Å². The Morgan fingerprint density at radius 1 is 1.31 bits per heavy atom. The van der Waals surface area contributed by atoms with Crippen LogP contribution in [0.25, 0.3) is 0 Å². The van der Waals surface area contributed by atoms with Crippen LogP contribution in [0.15, 0.2) is 0 Å². The number of aromatic nitrogens is 2. The molecule has 2 atom stereocenters. The van der Waals surface area contributed by atoms with Crippen LogP contribution in [0.2, 0.25) is 0 Å². The molecule has 0 amide bonds. The predicted octanol–water partition coefficient (Wildman–Crippen LogP) is 3.32. The Hall–Kier alpha value is -0.480. The molecule has 0 bridgehead atoms. The molecule has 92 valence electrons. The minimum Gasteiger partial charge on any atom is -0.323 e. The second-order valence-corrected chi connectivity index (χ2v) is 5.36. The molecule has 0 aromatic carbocycles. The predicted molar refractivity (Wildman–Crippen MR) is 69.5 cm³/mol. The van der Waals surface area contributed by atoms with Crippen LogP contribution in [0.1, 0.15) is 63.1 Å². The Morgan fingerprint density at radius 2 is 2.06 bits per heavy atom. The summed E-state index contributed by atoms with van der Waals surface area (Å²) in [6.45, 7) is 6.66. The van der Waals surface area contributed by atoms with Gasteiger partial charge in [-0.15, -0.1) is 5.10 Å². The summed E-state index contributed by atoms with van der Waals surface area (Å²) in [4.78, 5) is 1.20. The summed E-state index contributed by atoms with van der Waals surface area (Å²) in [6.07, 6.45) is 5.64. The van der Waals surface area contributed by atoms with Crippen LogP contribution >= 0.6 is 11.5 Å². The molecule has 0 aliphatic carbocycles. The van der Waals surface area contributed by atoms with Gasteiger partial charge in [-0.3, -0.25) is 0 Å². The molecule has 1 rings (SSSR count). The van der Waals surface area contributed by atoms with Crippen LogP contribution < -0.4 is 5.73 Å². The van der Waals surface area contributed by atoms with Crippen LogP contribution in [0.4, 0.5) is 0 Å². The molecule has 1 aromatic heterocycles. The number of nitrogens with zero attached hydrogens (tertiary/aromatic N) is 2. The average molecular weight is 241 g/mol. The standard InChI is InChI=1S/C12H23N3S/c1-4-6-9(3)8-10(13)12-11(7-5-2)14-15-16-12/h9-10H,4-8,13H2,1-3H3. The maximum Gasteiger partial charge on any atom is 0.0803 e. The van der Waals surface area contributed by atoms with Crippen LogP contribution in [0, 0.1) is 5.92 Å². The van der Waals surface area contributed by atoms with Crippen molar-refractivity contribution in [2.45, 2.75) is 58.9 Å². The Bertz CT molecular complexity index is 298. The molecule has 0 aliphatic heterocycles. The van der Waals surface area contributed by atoms with E-state index in [1.165, 1.54) is 29.3 Å². The smallest absolute Gasteiger partial charge is 0.0803 e. The van der Waals surface area contributed by atoms with Gasteiger partial charge in [-0.2, -0.15) is 0 Å². The molecule has 1 heterocycles. The average Bonchev–Trinajstić information content (AvgIpc) is 2.66. The summed E-state index contributed by atoms with van der Waals surface area (Å²) in [7, 11) is 0. The topological polar surface area (TPSA) is 51.8 Å². The van der Waals surface area contributed by atoms with Gasteiger partial charge in [0.15, 0.2) is 0 Å². The maximum atomic E-state index is 6.23. The molecular formula is C12H23N3S. The minimum atomic E-state index is 0.128.